The van der Waals surface area contributed by atoms with Gasteiger partial charge in [-0.05, 0) is 0 Å². The SMILES string of the molecule is [B]C1C[CH-]CCC1.[Y]. The molecule has 0 N–H and O–H groups in total. The molecule has 0 saturated heterocycles. The predicted molar refractivity (Wildman–Crippen MR) is 32.3 cm³/mol. The van der Waals surface area contributed by atoms with E-state index in [4.69, 9.17) is 7.85 Å². The van der Waals surface area contributed by atoms with E-state index >= 15 is 0 Å². The van der Waals surface area contributed by atoms with Crippen LogP contribution in [0.2, 0.25) is 5.82 Å². The molecule has 0 aromatic heterocycles. The van der Waals surface area contributed by atoms with Crippen LogP contribution in [0.15, 0.2) is 0 Å². The molecule has 0 bridgehead atoms. The molecule has 0 aromatic rings. The Morgan fingerprint density at radius 2 is 2.25 bits per heavy atom. The largest absolute Gasteiger partial charge is 0.329 e. The number of rotatable bonds is 0. The van der Waals surface area contributed by atoms with E-state index < -0.39 is 0 Å². The fourth-order valence-corrected chi connectivity index (χ4v) is 0.974. The first-order chi connectivity index (χ1) is 3.39. The molecule has 3 radical (unpaired) electrons. The first-order valence-corrected chi connectivity index (χ1v) is 2.97. The summed E-state index contributed by atoms with van der Waals surface area (Å²) in [5.41, 5.74) is 0. The van der Waals surface area contributed by atoms with Crippen LogP contribution in [-0.2, 0) is 32.7 Å². The van der Waals surface area contributed by atoms with Crippen molar-refractivity contribution < 1.29 is 32.7 Å². The van der Waals surface area contributed by atoms with Crippen LogP contribution >= 0.6 is 0 Å². The Bertz CT molecular complexity index is 50.5. The summed E-state index contributed by atoms with van der Waals surface area (Å²) in [7, 11) is 5.60. The second-order valence-corrected chi connectivity index (χ2v) is 2.22. The van der Waals surface area contributed by atoms with Crippen LogP contribution in [0.3, 0.4) is 0 Å². The van der Waals surface area contributed by atoms with Gasteiger partial charge in [-0.2, -0.15) is 12.8 Å². The van der Waals surface area contributed by atoms with Gasteiger partial charge in [-0.1, -0.05) is 12.8 Å². The van der Waals surface area contributed by atoms with Crippen molar-refractivity contribution in [2.45, 2.75) is 31.5 Å². The van der Waals surface area contributed by atoms with E-state index in [1.165, 1.54) is 19.3 Å². The minimum Gasteiger partial charge on any atom is -0.329 e. The van der Waals surface area contributed by atoms with Gasteiger partial charge >= 0.3 is 0 Å². The average molecular weight is 182 g/mol. The van der Waals surface area contributed by atoms with E-state index in [-0.39, 0.29) is 32.7 Å². The molecule has 8 heavy (non-hydrogen) atoms. The summed E-state index contributed by atoms with van der Waals surface area (Å²) in [5.74, 6) is 0.480. The summed E-state index contributed by atoms with van der Waals surface area (Å²) < 4.78 is 0. The van der Waals surface area contributed by atoms with Gasteiger partial charge in [-0.3, -0.25) is 0 Å². The van der Waals surface area contributed by atoms with Crippen LogP contribution in [-0.4, -0.2) is 7.85 Å². The summed E-state index contributed by atoms with van der Waals surface area (Å²) in [4.78, 5) is 0. The predicted octanol–water partition coefficient (Wildman–Crippen LogP) is 1.72. The molecule has 1 rings (SSSR count). The van der Waals surface area contributed by atoms with Crippen molar-refractivity contribution in [1.82, 2.24) is 0 Å². The molecule has 0 nitrogen and oxygen atoms in total. The molecule has 1 unspecified atom stereocenters. The zero-order valence-corrected chi connectivity index (χ0v) is 7.98. The van der Waals surface area contributed by atoms with Crippen molar-refractivity contribution in [3.05, 3.63) is 6.42 Å². The van der Waals surface area contributed by atoms with Crippen LogP contribution in [0, 0.1) is 6.42 Å². The fourth-order valence-electron chi connectivity index (χ4n) is 0.974. The zero-order valence-electron chi connectivity index (χ0n) is 5.14. The van der Waals surface area contributed by atoms with E-state index in [2.05, 4.69) is 6.42 Å². The molecule has 1 atom stereocenters. The summed E-state index contributed by atoms with van der Waals surface area (Å²) in [5, 5.41) is 0. The van der Waals surface area contributed by atoms with Crippen LogP contribution < -0.4 is 0 Å². The van der Waals surface area contributed by atoms with Crippen molar-refractivity contribution in [3.63, 3.8) is 0 Å². The third kappa shape index (κ3) is 3.25. The molecular formula is C6H10BY-. The summed E-state index contributed by atoms with van der Waals surface area (Å²) in [6.45, 7) is 0. The van der Waals surface area contributed by atoms with Gasteiger partial charge in [0.15, 0.2) is 0 Å². The molecule has 0 aliphatic heterocycles. The van der Waals surface area contributed by atoms with Crippen LogP contribution in [0.25, 0.3) is 0 Å². The Balaban J connectivity index is 0.000000490. The fraction of sp³-hybridized carbons (Fsp3) is 0.833. The Morgan fingerprint density at radius 1 is 1.50 bits per heavy atom. The van der Waals surface area contributed by atoms with E-state index in [1.807, 2.05) is 0 Å². The second-order valence-electron chi connectivity index (χ2n) is 2.22. The third-order valence-corrected chi connectivity index (χ3v) is 1.45. The minimum absolute atomic E-state index is 0. The van der Waals surface area contributed by atoms with Crippen LogP contribution in [0.1, 0.15) is 25.7 Å². The zero-order chi connectivity index (χ0) is 5.11. The summed E-state index contributed by atoms with van der Waals surface area (Å²) in [6.07, 6.45) is 7.25. The van der Waals surface area contributed by atoms with E-state index in [0.717, 1.165) is 6.42 Å². The second kappa shape index (κ2) is 4.99. The molecule has 1 aliphatic rings. The Morgan fingerprint density at radius 3 is 2.50 bits per heavy atom. The van der Waals surface area contributed by atoms with Crippen molar-refractivity contribution in [2.75, 3.05) is 0 Å². The van der Waals surface area contributed by atoms with E-state index in [0.29, 0.717) is 5.82 Å². The van der Waals surface area contributed by atoms with Crippen molar-refractivity contribution in [3.8, 4) is 0 Å². The van der Waals surface area contributed by atoms with E-state index in [9.17, 15) is 0 Å². The summed E-state index contributed by atoms with van der Waals surface area (Å²) >= 11 is 0. The first kappa shape index (κ1) is 9.17. The van der Waals surface area contributed by atoms with Gasteiger partial charge in [0.05, 0.1) is 7.85 Å². The molecule has 0 spiro atoms. The standard InChI is InChI=1S/C6H10B.Y/c7-6-4-2-1-3-5-6;/h2,6H,1,3-5H2;/q-1;. The third-order valence-electron chi connectivity index (χ3n) is 1.45. The molecule has 0 heterocycles. The van der Waals surface area contributed by atoms with Gasteiger partial charge in [0.1, 0.15) is 0 Å². The minimum atomic E-state index is 0. The quantitative estimate of drug-likeness (QED) is 0.395. The maximum Gasteiger partial charge on any atom is 0.0664 e. The van der Waals surface area contributed by atoms with Gasteiger partial charge in [-0.15, -0.1) is 5.82 Å². The monoisotopic (exact) mass is 182 g/mol. The van der Waals surface area contributed by atoms with Crippen molar-refractivity contribution >= 4 is 7.85 Å². The maximum atomic E-state index is 5.60. The van der Waals surface area contributed by atoms with Crippen molar-refractivity contribution in [1.29, 1.82) is 0 Å². The van der Waals surface area contributed by atoms with Crippen LogP contribution in [0.4, 0.5) is 0 Å². The number of hydrogen-bond donors (Lipinski definition) is 0. The van der Waals surface area contributed by atoms with Gasteiger partial charge < -0.3 is 6.42 Å². The first-order valence-electron chi connectivity index (χ1n) is 2.97. The van der Waals surface area contributed by atoms with Gasteiger partial charge in [0.25, 0.3) is 0 Å². The molecular weight excluding hydrogens is 172 g/mol. The maximum absolute atomic E-state index is 5.60. The Labute approximate surface area is 78.1 Å². The smallest absolute Gasteiger partial charge is 0.0664 e. The molecule has 0 amide bonds. The van der Waals surface area contributed by atoms with Gasteiger partial charge in [0.2, 0.25) is 0 Å². The number of hydrogen-bond acceptors (Lipinski definition) is 0. The van der Waals surface area contributed by atoms with E-state index in [1.54, 1.807) is 0 Å². The van der Waals surface area contributed by atoms with Crippen LogP contribution in [0.5, 0.6) is 0 Å². The summed E-state index contributed by atoms with van der Waals surface area (Å²) in [6, 6.07) is 0. The van der Waals surface area contributed by atoms with Gasteiger partial charge in [-0.25, -0.2) is 0 Å². The Kier molecular flexibility index (Phi) is 5.72. The molecule has 1 fully saturated rings. The van der Waals surface area contributed by atoms with Gasteiger partial charge in [0, 0.05) is 32.7 Å². The normalized spacial score (nSPS) is 28.8. The molecule has 41 valence electrons. The molecule has 1 saturated carbocycles. The molecule has 0 aromatic carbocycles. The topological polar surface area (TPSA) is 0 Å². The molecule has 1 aliphatic carbocycles. The Hall–Kier alpha value is 1.17. The van der Waals surface area contributed by atoms with Crippen molar-refractivity contribution in [2.24, 2.45) is 0 Å². The molecule has 2 heteroatoms. The average Bonchev–Trinajstić information content (AvgIpc) is 1.69.